The van der Waals surface area contributed by atoms with Crippen molar-refractivity contribution in [3.8, 4) is 50.6 Å². The van der Waals surface area contributed by atoms with Gasteiger partial charge in [0.05, 0.1) is 16.7 Å². The molecule has 0 radical (unpaired) electrons. The van der Waals surface area contributed by atoms with Crippen LogP contribution in [0.25, 0.3) is 33.4 Å². The number of phosphoric acid groups is 1. The first kappa shape index (κ1) is 33.3. The van der Waals surface area contributed by atoms with Gasteiger partial charge in [-0.15, -0.1) is 0 Å². The molecule has 0 bridgehead atoms. The normalized spacial score (nSPS) is 11.0. The minimum absolute atomic E-state index is 0.135. The summed E-state index contributed by atoms with van der Waals surface area (Å²) >= 11 is 0. The van der Waals surface area contributed by atoms with Gasteiger partial charge in [0.15, 0.2) is 0 Å². The Morgan fingerprint density at radius 1 is 0.380 bits per heavy atom. The van der Waals surface area contributed by atoms with E-state index in [1.165, 1.54) is 18.2 Å². The Morgan fingerprint density at radius 2 is 0.640 bits per heavy atom. The summed E-state index contributed by atoms with van der Waals surface area (Å²) in [4.78, 5) is 34.3. The number of phosphoric ester groups is 1. The van der Waals surface area contributed by atoms with Gasteiger partial charge >= 0.3 is 25.7 Å². The van der Waals surface area contributed by atoms with E-state index in [-0.39, 0.29) is 33.9 Å². The predicted octanol–water partition coefficient (Wildman–Crippen LogP) is 9.43. The second kappa shape index (κ2) is 14.2. The van der Waals surface area contributed by atoms with E-state index in [1.807, 2.05) is 0 Å². The summed E-state index contributed by atoms with van der Waals surface area (Å²) in [5.41, 5.74) is 4.48. The summed E-state index contributed by atoms with van der Waals surface area (Å²) in [6, 6.07) is 38.7. The highest BCUT2D eigenvalue weighted by Crippen LogP contribution is 2.50. The van der Waals surface area contributed by atoms with Crippen molar-refractivity contribution in [3.63, 3.8) is 0 Å². The molecule has 0 spiro atoms. The van der Waals surface area contributed by atoms with Crippen LogP contribution in [0.4, 0.5) is 0 Å². The Bertz CT molecular complexity index is 1990. The highest BCUT2D eigenvalue weighted by Gasteiger charge is 2.33. The second-order valence-electron chi connectivity index (χ2n) is 11.0. The maximum Gasteiger partial charge on any atom is 0.647 e. The fourth-order valence-electron chi connectivity index (χ4n) is 5.06. The predicted molar refractivity (Wildman–Crippen MR) is 186 cm³/mol. The van der Waals surface area contributed by atoms with E-state index in [1.54, 1.807) is 127 Å². The molecule has 0 aromatic heterocycles. The number of carboxylic acids is 3. The smallest absolute Gasteiger partial charge is 0.478 e. The van der Waals surface area contributed by atoms with E-state index in [9.17, 15) is 34.3 Å². The SMILES string of the molecule is O=C(O)c1cccc(-c2ccc(OP(=O)(Oc3ccc(-c4cccc(C(=O)O)c4)cc3)Oc3ccc(-c4cccc(C(=O)O)c4)cc3)cc2)c1. The van der Waals surface area contributed by atoms with Crippen molar-refractivity contribution < 1.29 is 47.8 Å². The number of hydrogen-bond donors (Lipinski definition) is 3. The molecule has 0 saturated carbocycles. The summed E-state index contributed by atoms with van der Waals surface area (Å²) in [6.07, 6.45) is 0. The second-order valence-corrected chi connectivity index (χ2v) is 12.4. The zero-order chi connectivity index (χ0) is 35.3. The third-order valence-electron chi connectivity index (χ3n) is 7.54. The third kappa shape index (κ3) is 7.90. The van der Waals surface area contributed by atoms with Crippen molar-refractivity contribution in [3.05, 3.63) is 162 Å². The molecular weight excluding hydrogens is 659 g/mol. The largest absolute Gasteiger partial charge is 0.647 e. The first-order chi connectivity index (χ1) is 24.0. The molecule has 3 N–H and O–H groups in total. The molecule has 6 aromatic carbocycles. The summed E-state index contributed by atoms with van der Waals surface area (Å²) < 4.78 is 31.9. The Morgan fingerprint density at radius 3 is 0.880 bits per heavy atom. The maximum absolute atomic E-state index is 14.3. The molecule has 248 valence electrons. The van der Waals surface area contributed by atoms with Gasteiger partial charge in [-0.05, 0) is 106 Å². The van der Waals surface area contributed by atoms with Gasteiger partial charge in [0.1, 0.15) is 17.2 Å². The molecule has 10 nitrogen and oxygen atoms in total. The molecule has 0 aliphatic carbocycles. The van der Waals surface area contributed by atoms with E-state index in [2.05, 4.69) is 0 Å². The lowest BCUT2D eigenvalue weighted by molar-refractivity contribution is 0.0686. The van der Waals surface area contributed by atoms with Crippen LogP contribution in [0.3, 0.4) is 0 Å². The van der Waals surface area contributed by atoms with E-state index in [0.29, 0.717) is 33.4 Å². The van der Waals surface area contributed by atoms with Crippen molar-refractivity contribution >= 4 is 25.7 Å². The number of benzene rings is 6. The van der Waals surface area contributed by atoms with Crippen LogP contribution in [0, 0.1) is 0 Å². The van der Waals surface area contributed by atoms with Crippen molar-refractivity contribution in [2.24, 2.45) is 0 Å². The van der Waals surface area contributed by atoms with E-state index < -0.39 is 25.7 Å². The molecule has 6 aromatic rings. The van der Waals surface area contributed by atoms with Crippen LogP contribution in [0.1, 0.15) is 31.1 Å². The van der Waals surface area contributed by atoms with Crippen LogP contribution in [0.5, 0.6) is 17.2 Å². The number of rotatable bonds is 12. The topological polar surface area (TPSA) is 157 Å². The molecular formula is C39H27O10P. The average Bonchev–Trinajstić information content (AvgIpc) is 3.12. The quantitative estimate of drug-likeness (QED) is 0.106. The van der Waals surface area contributed by atoms with Gasteiger partial charge in [0.2, 0.25) is 0 Å². The van der Waals surface area contributed by atoms with Gasteiger partial charge < -0.3 is 28.9 Å². The number of carboxylic acid groups (broad SMARTS) is 3. The van der Waals surface area contributed by atoms with E-state index in [0.717, 1.165) is 0 Å². The van der Waals surface area contributed by atoms with Gasteiger partial charge in [0, 0.05) is 0 Å². The van der Waals surface area contributed by atoms with Gasteiger partial charge in [-0.25, -0.2) is 14.4 Å². The zero-order valence-corrected chi connectivity index (χ0v) is 26.9. The summed E-state index contributed by atoms with van der Waals surface area (Å²) in [6.45, 7) is 0. The number of carbonyl (C=O) groups is 3. The number of aromatic carboxylic acids is 3. The highest BCUT2D eigenvalue weighted by atomic mass is 31.2. The maximum atomic E-state index is 14.3. The Labute approximate surface area is 286 Å². The van der Waals surface area contributed by atoms with Crippen molar-refractivity contribution in [2.75, 3.05) is 0 Å². The molecule has 0 aliphatic rings. The first-order valence-corrected chi connectivity index (χ1v) is 16.5. The lowest BCUT2D eigenvalue weighted by Gasteiger charge is -2.20. The standard InChI is InChI=1S/C39H27O10P/c40-37(41)31-7-1-4-28(22-31)25-10-16-34(17-11-25)47-50(46,48-35-18-12-26(13-19-35)29-5-2-8-32(23-29)38(42)43)49-36-20-14-27(15-21-36)30-6-3-9-33(24-30)39(44)45/h1-24H,(H,40,41)(H,42,43)(H,44,45). The molecule has 0 aliphatic heterocycles. The van der Waals surface area contributed by atoms with Gasteiger partial charge in [-0.3, -0.25) is 0 Å². The van der Waals surface area contributed by atoms with Crippen LogP contribution < -0.4 is 13.6 Å². The number of hydrogen-bond acceptors (Lipinski definition) is 7. The molecule has 0 saturated heterocycles. The van der Waals surface area contributed by atoms with Crippen LogP contribution in [0.15, 0.2) is 146 Å². The Balaban J connectivity index is 1.27. The van der Waals surface area contributed by atoms with Gasteiger partial charge in [0.25, 0.3) is 0 Å². The monoisotopic (exact) mass is 686 g/mol. The highest BCUT2D eigenvalue weighted by molar-refractivity contribution is 7.49. The van der Waals surface area contributed by atoms with Crippen LogP contribution in [-0.2, 0) is 4.57 Å². The van der Waals surface area contributed by atoms with E-state index in [4.69, 9.17) is 13.6 Å². The zero-order valence-electron chi connectivity index (χ0n) is 26.0. The van der Waals surface area contributed by atoms with E-state index >= 15 is 0 Å². The first-order valence-electron chi connectivity index (χ1n) is 15.1. The van der Waals surface area contributed by atoms with Crippen molar-refractivity contribution in [1.29, 1.82) is 0 Å². The van der Waals surface area contributed by atoms with Crippen LogP contribution in [-0.4, -0.2) is 33.2 Å². The molecule has 0 unspecified atom stereocenters. The minimum Gasteiger partial charge on any atom is -0.478 e. The molecule has 11 heteroatoms. The van der Waals surface area contributed by atoms with Crippen LogP contribution >= 0.6 is 7.82 Å². The van der Waals surface area contributed by atoms with Crippen LogP contribution in [0.2, 0.25) is 0 Å². The summed E-state index contributed by atoms with van der Waals surface area (Å²) in [5.74, 6) is -2.70. The fraction of sp³-hybridized carbons (Fsp3) is 0. The van der Waals surface area contributed by atoms with Crippen molar-refractivity contribution in [1.82, 2.24) is 0 Å². The minimum atomic E-state index is -4.44. The molecule has 0 atom stereocenters. The lowest BCUT2D eigenvalue weighted by atomic mass is 10.0. The van der Waals surface area contributed by atoms with Gasteiger partial charge in [-0.2, -0.15) is 4.57 Å². The lowest BCUT2D eigenvalue weighted by Crippen LogP contribution is -2.07. The Kier molecular flexibility index (Phi) is 9.47. The summed E-state index contributed by atoms with van der Waals surface area (Å²) in [7, 11) is -4.44. The molecule has 0 heterocycles. The Hall–Kier alpha value is -6.64. The average molecular weight is 687 g/mol. The molecule has 0 fully saturated rings. The van der Waals surface area contributed by atoms with Gasteiger partial charge in [-0.1, -0.05) is 72.8 Å². The fourth-order valence-corrected chi connectivity index (χ4v) is 6.31. The third-order valence-corrected chi connectivity index (χ3v) is 8.85. The van der Waals surface area contributed by atoms with Crippen molar-refractivity contribution in [2.45, 2.75) is 0 Å². The molecule has 0 amide bonds. The molecule has 50 heavy (non-hydrogen) atoms. The summed E-state index contributed by atoms with van der Waals surface area (Å²) in [5, 5.41) is 28.1. The molecule has 6 rings (SSSR count).